The third-order valence-electron chi connectivity index (χ3n) is 3.12. The number of pyridine rings is 1. The molecule has 6 nitrogen and oxygen atoms in total. The molecule has 1 heterocycles. The van der Waals surface area contributed by atoms with Crippen molar-refractivity contribution < 1.29 is 8.42 Å². The summed E-state index contributed by atoms with van der Waals surface area (Å²) >= 11 is 0. The predicted octanol–water partition coefficient (Wildman–Crippen LogP) is 0.824. The van der Waals surface area contributed by atoms with Gasteiger partial charge in [-0.25, -0.2) is 18.5 Å². The molecule has 0 unspecified atom stereocenters. The van der Waals surface area contributed by atoms with E-state index in [1.54, 1.807) is 6.07 Å². The highest BCUT2D eigenvalue weighted by Crippen LogP contribution is 2.15. The lowest BCUT2D eigenvalue weighted by Crippen LogP contribution is -2.18. The second kappa shape index (κ2) is 6.21. The van der Waals surface area contributed by atoms with Gasteiger partial charge in [-0.15, -0.1) is 0 Å². The smallest absolute Gasteiger partial charge is 0.239 e. The van der Waals surface area contributed by atoms with E-state index in [0.29, 0.717) is 18.9 Å². The van der Waals surface area contributed by atoms with Crippen LogP contribution in [0.2, 0.25) is 0 Å². The molecule has 0 saturated carbocycles. The van der Waals surface area contributed by atoms with Gasteiger partial charge in [-0.1, -0.05) is 24.3 Å². The molecule has 7 heteroatoms. The number of aromatic nitrogens is 1. The summed E-state index contributed by atoms with van der Waals surface area (Å²) in [4.78, 5) is 6.05. The highest BCUT2D eigenvalue weighted by Gasteiger charge is 2.09. The number of benzene rings is 1. The largest absolute Gasteiger partial charge is 0.355 e. The number of sulfonamides is 1. The van der Waals surface area contributed by atoms with Crippen LogP contribution in [0.3, 0.4) is 0 Å². The Balaban J connectivity index is 2.10. The Hall–Kier alpha value is -1.96. The molecule has 2 rings (SSSR count). The molecule has 0 aliphatic carbocycles. The number of nitrogens with two attached hydrogens (primary N) is 2. The molecule has 0 atom stereocenters. The van der Waals surface area contributed by atoms with Gasteiger partial charge in [0.05, 0.1) is 0 Å². The second-order valence-electron chi connectivity index (χ2n) is 4.77. The molecule has 21 heavy (non-hydrogen) atoms. The lowest BCUT2D eigenvalue weighted by molar-refractivity contribution is 0.597. The molecule has 0 bridgehead atoms. The van der Waals surface area contributed by atoms with Gasteiger partial charge in [0.25, 0.3) is 0 Å². The first-order valence-corrected chi connectivity index (χ1v) is 7.92. The Kier molecular flexibility index (Phi) is 4.56. The molecule has 112 valence electrons. The van der Waals surface area contributed by atoms with Gasteiger partial charge in [0, 0.05) is 26.3 Å². The van der Waals surface area contributed by atoms with E-state index in [4.69, 9.17) is 10.9 Å². The van der Waals surface area contributed by atoms with Crippen molar-refractivity contribution in [2.24, 2.45) is 10.9 Å². The monoisotopic (exact) mass is 306 g/mol. The van der Waals surface area contributed by atoms with Gasteiger partial charge in [-0.05, 0) is 23.3 Å². The van der Waals surface area contributed by atoms with Crippen LogP contribution in [0.1, 0.15) is 11.1 Å². The van der Waals surface area contributed by atoms with Crippen LogP contribution in [0.5, 0.6) is 0 Å². The normalized spacial score (nSPS) is 11.4. The van der Waals surface area contributed by atoms with Crippen LogP contribution in [0.15, 0.2) is 47.5 Å². The van der Waals surface area contributed by atoms with Crippen LogP contribution in [-0.2, 0) is 23.1 Å². The van der Waals surface area contributed by atoms with E-state index in [1.165, 1.54) is 12.3 Å². The quantitative estimate of drug-likeness (QED) is 0.851. The third-order valence-corrected chi connectivity index (χ3v) is 4.02. The molecular weight excluding hydrogens is 288 g/mol. The first kappa shape index (κ1) is 15.4. The number of hydrogen-bond donors (Lipinski definition) is 2. The van der Waals surface area contributed by atoms with Crippen molar-refractivity contribution >= 4 is 15.8 Å². The first-order valence-electron chi connectivity index (χ1n) is 6.38. The maximum Gasteiger partial charge on any atom is 0.239 e. The van der Waals surface area contributed by atoms with Gasteiger partial charge in [0.1, 0.15) is 10.7 Å². The van der Waals surface area contributed by atoms with E-state index in [0.717, 1.165) is 11.1 Å². The molecule has 1 aromatic carbocycles. The zero-order chi connectivity index (χ0) is 15.5. The Labute approximate surface area is 124 Å². The molecule has 0 aliphatic rings. The van der Waals surface area contributed by atoms with Crippen molar-refractivity contribution in [2.45, 2.75) is 18.0 Å². The molecule has 0 spiro atoms. The third kappa shape index (κ3) is 4.01. The standard InChI is InChI=1S/C14H18N4O2S/c1-18(10-12-4-2-11(8-15)3-5-12)14-7-6-13(9-17-14)21(16,19)20/h2-7,9H,8,10,15H2,1H3,(H2,16,19,20). The number of anilines is 1. The van der Waals surface area contributed by atoms with Crippen LogP contribution in [0, 0.1) is 0 Å². The summed E-state index contributed by atoms with van der Waals surface area (Å²) in [6.07, 6.45) is 1.26. The summed E-state index contributed by atoms with van der Waals surface area (Å²) in [7, 11) is -1.82. The topological polar surface area (TPSA) is 102 Å². The lowest BCUT2D eigenvalue weighted by Gasteiger charge is -2.18. The van der Waals surface area contributed by atoms with Gasteiger partial charge in [-0.2, -0.15) is 0 Å². The Morgan fingerprint density at radius 1 is 1.10 bits per heavy atom. The molecule has 0 fully saturated rings. The van der Waals surface area contributed by atoms with Crippen LogP contribution in [0.4, 0.5) is 5.82 Å². The Morgan fingerprint density at radius 3 is 2.19 bits per heavy atom. The number of primary sulfonamides is 1. The lowest BCUT2D eigenvalue weighted by atomic mass is 10.1. The maximum absolute atomic E-state index is 11.2. The summed E-state index contributed by atoms with van der Waals surface area (Å²) in [6, 6.07) is 11.1. The van der Waals surface area contributed by atoms with Gasteiger partial charge >= 0.3 is 0 Å². The molecule has 0 amide bonds. The second-order valence-corrected chi connectivity index (χ2v) is 6.34. The van der Waals surface area contributed by atoms with Gasteiger partial charge in [0.2, 0.25) is 10.0 Å². The molecule has 0 aliphatic heterocycles. The summed E-state index contributed by atoms with van der Waals surface area (Å²) in [5.41, 5.74) is 7.76. The van der Waals surface area contributed by atoms with Gasteiger partial charge < -0.3 is 10.6 Å². The number of hydrogen-bond acceptors (Lipinski definition) is 5. The molecule has 0 radical (unpaired) electrons. The van der Waals surface area contributed by atoms with Crippen LogP contribution < -0.4 is 15.8 Å². The summed E-state index contributed by atoms with van der Waals surface area (Å²) < 4.78 is 22.4. The molecule has 4 N–H and O–H groups in total. The van der Waals surface area contributed by atoms with E-state index in [-0.39, 0.29) is 4.90 Å². The van der Waals surface area contributed by atoms with Crippen molar-refractivity contribution in [3.8, 4) is 0 Å². The van der Waals surface area contributed by atoms with E-state index in [1.807, 2.05) is 36.2 Å². The summed E-state index contributed by atoms with van der Waals surface area (Å²) in [6.45, 7) is 1.18. The first-order chi connectivity index (χ1) is 9.90. The van der Waals surface area contributed by atoms with Crippen molar-refractivity contribution in [1.29, 1.82) is 0 Å². The summed E-state index contributed by atoms with van der Waals surface area (Å²) in [5, 5.41) is 5.04. The minimum absolute atomic E-state index is 0.00643. The fourth-order valence-corrected chi connectivity index (χ4v) is 2.36. The van der Waals surface area contributed by atoms with Gasteiger partial charge in [-0.3, -0.25) is 0 Å². The Bertz CT molecular complexity index is 697. The van der Waals surface area contributed by atoms with Crippen LogP contribution >= 0.6 is 0 Å². The maximum atomic E-state index is 11.2. The highest BCUT2D eigenvalue weighted by molar-refractivity contribution is 7.89. The highest BCUT2D eigenvalue weighted by atomic mass is 32.2. The van der Waals surface area contributed by atoms with E-state index in [9.17, 15) is 8.42 Å². The van der Waals surface area contributed by atoms with Crippen molar-refractivity contribution in [3.63, 3.8) is 0 Å². The zero-order valence-electron chi connectivity index (χ0n) is 11.7. The van der Waals surface area contributed by atoms with Crippen molar-refractivity contribution in [2.75, 3.05) is 11.9 Å². The molecule has 2 aromatic rings. The zero-order valence-corrected chi connectivity index (χ0v) is 12.5. The Morgan fingerprint density at radius 2 is 1.71 bits per heavy atom. The predicted molar refractivity (Wildman–Crippen MR) is 82.1 cm³/mol. The molecule has 1 aromatic heterocycles. The van der Waals surface area contributed by atoms with E-state index < -0.39 is 10.0 Å². The van der Waals surface area contributed by atoms with Crippen LogP contribution in [-0.4, -0.2) is 20.4 Å². The fraction of sp³-hybridized carbons (Fsp3) is 0.214. The van der Waals surface area contributed by atoms with Crippen molar-refractivity contribution in [3.05, 3.63) is 53.7 Å². The van der Waals surface area contributed by atoms with Gasteiger partial charge in [0.15, 0.2) is 0 Å². The average Bonchev–Trinajstić information content (AvgIpc) is 2.47. The SMILES string of the molecule is CN(Cc1ccc(CN)cc1)c1ccc(S(N)(=O)=O)cn1. The minimum Gasteiger partial charge on any atom is -0.355 e. The number of nitrogens with zero attached hydrogens (tertiary/aromatic N) is 2. The number of rotatable bonds is 5. The minimum atomic E-state index is -3.70. The summed E-state index contributed by atoms with van der Waals surface area (Å²) in [5.74, 6) is 0.672. The van der Waals surface area contributed by atoms with Crippen molar-refractivity contribution in [1.82, 2.24) is 4.98 Å². The van der Waals surface area contributed by atoms with Crippen LogP contribution in [0.25, 0.3) is 0 Å². The van der Waals surface area contributed by atoms with E-state index in [2.05, 4.69) is 4.98 Å². The van der Waals surface area contributed by atoms with E-state index >= 15 is 0 Å². The molecule has 0 saturated heterocycles. The fourth-order valence-electron chi connectivity index (χ4n) is 1.90. The molecular formula is C14H18N4O2S. The average molecular weight is 306 g/mol.